The third-order valence-electron chi connectivity index (χ3n) is 0.408. The van der Waals surface area contributed by atoms with Gasteiger partial charge >= 0.3 is 0 Å². The largest absolute Gasteiger partial charge is 0.0785 e. The van der Waals surface area contributed by atoms with Crippen LogP contribution in [-0.4, -0.2) is 0 Å². The van der Waals surface area contributed by atoms with Crippen LogP contribution in [0.1, 0.15) is 13.3 Å². The van der Waals surface area contributed by atoms with Crippen molar-refractivity contribution in [2.75, 3.05) is 0 Å². The van der Waals surface area contributed by atoms with E-state index in [2.05, 4.69) is 18.0 Å². The van der Waals surface area contributed by atoms with Crippen LogP contribution in [0.4, 0.5) is 0 Å². The second kappa shape index (κ2) is 4.30. The molecule has 0 amide bonds. The van der Waals surface area contributed by atoms with E-state index in [1.54, 1.807) is 0 Å². The second-order valence-electron chi connectivity index (χ2n) is 0.933. The molecule has 0 aromatic heterocycles. The lowest BCUT2D eigenvalue weighted by Gasteiger charge is -1.59. The summed E-state index contributed by atoms with van der Waals surface area (Å²) in [6, 6.07) is 0. The van der Waals surface area contributed by atoms with Gasteiger partial charge in [0.2, 0.25) is 0 Å². The van der Waals surface area contributed by atoms with Crippen molar-refractivity contribution in [1.29, 1.82) is 0 Å². The molecule has 0 heterocycles. The Bertz CT molecular complexity index is 88.6. The molecule has 0 fully saturated rings. The highest BCUT2D eigenvalue weighted by Gasteiger charge is 1.51. The molecule has 0 aromatic rings. The fourth-order valence-corrected chi connectivity index (χ4v) is 0.174. The summed E-state index contributed by atoms with van der Waals surface area (Å²) < 4.78 is 0. The normalized spacial score (nSPS) is 5.50. The molecule has 0 atom stereocenters. The number of rotatable bonds is 1. The monoisotopic (exact) mass is 80.1 g/mol. The molecule has 32 valence electrons. The van der Waals surface area contributed by atoms with Gasteiger partial charge in [-0.1, -0.05) is 18.4 Å². The average molecular weight is 80.1 g/mol. The van der Waals surface area contributed by atoms with Crippen LogP contribution >= 0.6 is 0 Å². The first-order valence-corrected chi connectivity index (χ1v) is 2.01. The summed E-state index contributed by atoms with van der Waals surface area (Å²) in [6.07, 6.45) is 2.90. The molecule has 0 unspecified atom stereocenters. The van der Waals surface area contributed by atoms with E-state index in [-0.39, 0.29) is 0 Å². The quantitative estimate of drug-likeness (QED) is 0.422. The van der Waals surface area contributed by atoms with Crippen molar-refractivity contribution in [3.8, 4) is 0 Å². The Morgan fingerprint density at radius 1 is 1.83 bits per heavy atom. The van der Waals surface area contributed by atoms with E-state index in [1.807, 2.05) is 13.0 Å². The fraction of sp³-hybridized carbons (Fsp3) is 0.333. The molecule has 0 aliphatic carbocycles. The minimum Gasteiger partial charge on any atom is -0.0785 e. The molecular formula is C6H8. The van der Waals surface area contributed by atoms with Gasteiger partial charge in [0.25, 0.3) is 0 Å². The molecule has 0 aliphatic rings. The smallest absolute Gasteiger partial charge is 0.0296 e. The van der Waals surface area contributed by atoms with E-state index in [0.29, 0.717) is 0 Å². The predicted octanol–water partition coefficient (Wildman–Crippen LogP) is 1.89. The summed E-state index contributed by atoms with van der Waals surface area (Å²) in [5, 5.41) is 0. The van der Waals surface area contributed by atoms with E-state index in [9.17, 15) is 0 Å². The predicted molar refractivity (Wildman–Crippen MR) is 27.5 cm³/mol. The Hall–Kier alpha value is -0.700. The third kappa shape index (κ3) is 3.30. The maximum absolute atomic E-state index is 3.33. The van der Waals surface area contributed by atoms with Crippen molar-refractivity contribution in [2.45, 2.75) is 13.3 Å². The lowest BCUT2D eigenvalue weighted by Crippen LogP contribution is -1.40. The molecule has 0 rings (SSSR count). The van der Waals surface area contributed by atoms with Gasteiger partial charge in [0.15, 0.2) is 0 Å². The van der Waals surface area contributed by atoms with Crippen LogP contribution in [0.3, 0.4) is 0 Å². The van der Waals surface area contributed by atoms with Gasteiger partial charge in [0, 0.05) is 0 Å². The molecule has 0 aromatic carbocycles. The van der Waals surface area contributed by atoms with Crippen LogP contribution in [-0.2, 0) is 0 Å². The fourth-order valence-electron chi connectivity index (χ4n) is 0.174. The molecule has 0 spiro atoms. The van der Waals surface area contributed by atoms with Crippen molar-refractivity contribution < 1.29 is 0 Å². The summed E-state index contributed by atoms with van der Waals surface area (Å²) in [6.45, 7) is 5.38. The van der Waals surface area contributed by atoms with Crippen molar-refractivity contribution >= 4 is 0 Å². The molecule has 6 heavy (non-hydrogen) atoms. The molecule has 0 aliphatic heterocycles. The lowest BCUT2D eigenvalue weighted by atomic mass is 10.5. The highest BCUT2D eigenvalue weighted by Crippen LogP contribution is 1.70. The Morgan fingerprint density at radius 3 is 2.67 bits per heavy atom. The highest BCUT2D eigenvalue weighted by atomic mass is 13.6. The summed E-state index contributed by atoms with van der Waals surface area (Å²) in [5.41, 5.74) is 5.22. The van der Waals surface area contributed by atoms with Crippen molar-refractivity contribution in [3.63, 3.8) is 0 Å². The van der Waals surface area contributed by atoms with Crippen LogP contribution in [0.2, 0.25) is 0 Å². The van der Waals surface area contributed by atoms with Crippen molar-refractivity contribution in [1.82, 2.24) is 0 Å². The van der Waals surface area contributed by atoms with Crippen LogP contribution in [0.25, 0.3) is 0 Å². The Kier molecular flexibility index (Phi) is 3.80. The van der Waals surface area contributed by atoms with Gasteiger partial charge in [-0.2, -0.15) is 0 Å². The van der Waals surface area contributed by atoms with Gasteiger partial charge in [0.05, 0.1) is 0 Å². The lowest BCUT2D eigenvalue weighted by molar-refractivity contribution is 1.23. The van der Waals surface area contributed by atoms with Crippen LogP contribution in [0.15, 0.2) is 24.1 Å². The number of hydrogen-bond donors (Lipinski definition) is 0. The molecule has 0 radical (unpaired) electrons. The minimum absolute atomic E-state index is 1.02. The Labute approximate surface area is 38.5 Å². The maximum atomic E-state index is 3.33. The first kappa shape index (κ1) is 5.30. The van der Waals surface area contributed by atoms with Gasteiger partial charge < -0.3 is 0 Å². The van der Waals surface area contributed by atoms with Crippen LogP contribution in [0.5, 0.6) is 0 Å². The molecular weight excluding hydrogens is 72.1 g/mol. The molecule has 0 saturated carbocycles. The topological polar surface area (TPSA) is 0 Å². The van der Waals surface area contributed by atoms with Gasteiger partial charge in [-0.3, -0.25) is 0 Å². The van der Waals surface area contributed by atoms with E-state index < -0.39 is 0 Å². The molecule has 0 heteroatoms. The van der Waals surface area contributed by atoms with Gasteiger partial charge in [-0.05, 0) is 19.1 Å². The van der Waals surface area contributed by atoms with Gasteiger partial charge in [-0.25, -0.2) is 0 Å². The van der Waals surface area contributed by atoms with Crippen molar-refractivity contribution in [2.24, 2.45) is 0 Å². The van der Waals surface area contributed by atoms with Crippen LogP contribution < -0.4 is 0 Å². The zero-order valence-corrected chi connectivity index (χ0v) is 3.99. The summed E-state index contributed by atoms with van der Waals surface area (Å²) in [7, 11) is 0. The third-order valence-corrected chi connectivity index (χ3v) is 0.408. The van der Waals surface area contributed by atoms with E-state index in [4.69, 9.17) is 0 Å². The second-order valence-corrected chi connectivity index (χ2v) is 0.933. The van der Waals surface area contributed by atoms with Gasteiger partial charge in [-0.15, -0.1) is 0 Å². The van der Waals surface area contributed by atoms with Gasteiger partial charge in [0.1, 0.15) is 0 Å². The zero-order chi connectivity index (χ0) is 4.83. The summed E-state index contributed by atoms with van der Waals surface area (Å²) in [5.74, 6) is 0. The molecule has 0 nitrogen and oxygen atoms in total. The minimum atomic E-state index is 1.02. The first-order chi connectivity index (χ1) is 2.91. The highest BCUT2D eigenvalue weighted by molar-refractivity contribution is 4.78. The first-order valence-electron chi connectivity index (χ1n) is 2.01. The maximum Gasteiger partial charge on any atom is -0.0296 e. The van der Waals surface area contributed by atoms with E-state index in [0.717, 1.165) is 6.42 Å². The SMILES string of the molecule is C=C=C=CCC. The van der Waals surface area contributed by atoms with Crippen molar-refractivity contribution in [3.05, 3.63) is 24.1 Å². The van der Waals surface area contributed by atoms with E-state index >= 15 is 0 Å². The summed E-state index contributed by atoms with van der Waals surface area (Å²) >= 11 is 0. The molecule has 0 saturated heterocycles. The zero-order valence-electron chi connectivity index (χ0n) is 3.99. The average Bonchev–Trinajstić information content (AvgIpc) is 1.61. The van der Waals surface area contributed by atoms with E-state index in [1.165, 1.54) is 0 Å². The number of allylic oxidation sites excluding steroid dienone is 1. The Balaban J connectivity index is 3.47. The van der Waals surface area contributed by atoms with Crippen LogP contribution in [0, 0.1) is 0 Å². The molecule has 0 bridgehead atoms. The Morgan fingerprint density at radius 2 is 2.50 bits per heavy atom. The standard InChI is InChI=1S/C6H8/c1-3-5-6-4-2/h6H,1,4H2,2H3. The molecule has 0 N–H and O–H groups in total. The number of hydrogen-bond acceptors (Lipinski definition) is 0. The summed E-state index contributed by atoms with van der Waals surface area (Å²) in [4.78, 5) is 0.